The Morgan fingerprint density at radius 2 is 1.93 bits per heavy atom. The molecule has 0 bridgehead atoms. The van der Waals surface area contributed by atoms with Crippen LogP contribution in [0, 0.1) is 0 Å². The summed E-state index contributed by atoms with van der Waals surface area (Å²) in [7, 11) is 0. The lowest BCUT2D eigenvalue weighted by Gasteiger charge is -2.34. The molecule has 1 fully saturated rings. The summed E-state index contributed by atoms with van der Waals surface area (Å²) in [5, 5.41) is 8.67. The summed E-state index contributed by atoms with van der Waals surface area (Å²) in [6.07, 6.45) is 0. The fourth-order valence-corrected chi connectivity index (χ4v) is 1.85. The molecule has 0 spiro atoms. The van der Waals surface area contributed by atoms with Crippen LogP contribution in [0.5, 0.6) is 0 Å². The second-order valence-electron chi connectivity index (χ2n) is 3.33. The number of halogens is 1. The number of piperazine rings is 1. The summed E-state index contributed by atoms with van der Waals surface area (Å²) >= 11 is 3.31. The zero-order chi connectivity index (χ0) is 10.6. The minimum absolute atomic E-state index is 0.178. The second kappa shape index (κ2) is 5.48. The second-order valence-corrected chi connectivity index (χ2v) is 4.45. The highest BCUT2D eigenvalue weighted by Gasteiger charge is 2.19. The van der Waals surface area contributed by atoms with Gasteiger partial charge in [0, 0.05) is 37.2 Å². The maximum atomic E-state index is 11.1. The summed E-state index contributed by atoms with van der Waals surface area (Å²) < 4.78 is 0.958. The van der Waals surface area contributed by atoms with Crippen molar-refractivity contribution >= 4 is 21.8 Å². The van der Waals surface area contributed by atoms with Crippen molar-refractivity contribution < 1.29 is 9.90 Å². The molecule has 0 aromatic carbocycles. The first-order valence-electron chi connectivity index (χ1n) is 4.57. The Hall–Kier alpha value is -0.390. The van der Waals surface area contributed by atoms with Gasteiger partial charge in [-0.15, -0.1) is 0 Å². The number of aliphatic hydroxyl groups excluding tert-OH is 1. The minimum Gasteiger partial charge on any atom is -0.387 e. The van der Waals surface area contributed by atoms with Crippen LogP contribution in [0.25, 0.3) is 0 Å². The third kappa shape index (κ3) is 3.40. The van der Waals surface area contributed by atoms with Crippen molar-refractivity contribution in [2.75, 3.05) is 39.3 Å². The average Bonchev–Trinajstić information content (AvgIpc) is 2.17. The third-order valence-electron chi connectivity index (χ3n) is 2.26. The predicted octanol–water partition coefficient (Wildman–Crippen LogP) is 0.0315. The van der Waals surface area contributed by atoms with E-state index in [-0.39, 0.29) is 12.5 Å². The van der Waals surface area contributed by atoms with E-state index in [1.165, 1.54) is 0 Å². The Morgan fingerprint density at radius 3 is 2.36 bits per heavy atom. The molecule has 1 aliphatic rings. The van der Waals surface area contributed by atoms with E-state index in [4.69, 9.17) is 5.11 Å². The van der Waals surface area contributed by atoms with Gasteiger partial charge < -0.3 is 10.0 Å². The molecule has 5 heteroatoms. The Morgan fingerprint density at radius 1 is 1.36 bits per heavy atom. The predicted molar refractivity (Wildman–Crippen MR) is 58.2 cm³/mol. The smallest absolute Gasteiger partial charge is 0.248 e. The number of rotatable bonds is 3. The van der Waals surface area contributed by atoms with Gasteiger partial charge in [0.2, 0.25) is 5.91 Å². The molecule has 1 N–H and O–H groups in total. The molecule has 1 aliphatic heterocycles. The van der Waals surface area contributed by atoms with E-state index < -0.39 is 0 Å². The summed E-state index contributed by atoms with van der Waals surface area (Å²) in [5.74, 6) is -0.178. The fourth-order valence-electron chi connectivity index (χ4n) is 1.50. The van der Waals surface area contributed by atoms with Gasteiger partial charge in [0.05, 0.1) is 0 Å². The Bertz CT molecular complexity index is 225. The molecule has 1 rings (SSSR count). The van der Waals surface area contributed by atoms with Gasteiger partial charge in [-0.1, -0.05) is 22.5 Å². The molecule has 0 aromatic rings. The summed E-state index contributed by atoms with van der Waals surface area (Å²) in [5.41, 5.74) is 0. The number of carbonyl (C=O) groups is 1. The van der Waals surface area contributed by atoms with Gasteiger partial charge in [-0.05, 0) is 0 Å². The van der Waals surface area contributed by atoms with Gasteiger partial charge in [-0.25, -0.2) is 0 Å². The molecule has 1 amide bonds. The van der Waals surface area contributed by atoms with Gasteiger partial charge in [0.15, 0.2) is 0 Å². The van der Waals surface area contributed by atoms with Crippen LogP contribution in [0.3, 0.4) is 0 Å². The lowest BCUT2D eigenvalue weighted by Crippen LogP contribution is -2.49. The lowest BCUT2D eigenvalue weighted by molar-refractivity contribution is -0.135. The monoisotopic (exact) mass is 262 g/mol. The first-order chi connectivity index (χ1) is 6.63. The molecule has 0 saturated carbocycles. The minimum atomic E-state index is -0.384. The highest BCUT2D eigenvalue weighted by molar-refractivity contribution is 9.11. The molecular weight excluding hydrogens is 248 g/mol. The van der Waals surface area contributed by atoms with Crippen LogP contribution in [0.2, 0.25) is 0 Å². The van der Waals surface area contributed by atoms with E-state index in [0.29, 0.717) is 13.1 Å². The summed E-state index contributed by atoms with van der Waals surface area (Å²) in [4.78, 5) is 15.0. The molecule has 80 valence electrons. The number of hydrogen-bond acceptors (Lipinski definition) is 3. The highest BCUT2D eigenvalue weighted by Crippen LogP contribution is 2.07. The van der Waals surface area contributed by atoms with E-state index in [0.717, 1.165) is 24.1 Å². The topological polar surface area (TPSA) is 43.8 Å². The number of hydrogen-bond donors (Lipinski definition) is 1. The van der Waals surface area contributed by atoms with Crippen molar-refractivity contribution in [1.82, 2.24) is 9.80 Å². The molecule has 0 radical (unpaired) electrons. The Labute approximate surface area is 92.3 Å². The van der Waals surface area contributed by atoms with Gasteiger partial charge in [-0.2, -0.15) is 0 Å². The average molecular weight is 263 g/mol. The molecule has 1 heterocycles. The van der Waals surface area contributed by atoms with Crippen LogP contribution < -0.4 is 0 Å². The van der Waals surface area contributed by atoms with E-state index in [1.807, 2.05) is 0 Å². The van der Waals surface area contributed by atoms with Crippen LogP contribution in [0.15, 0.2) is 11.1 Å². The van der Waals surface area contributed by atoms with E-state index in [9.17, 15) is 4.79 Å². The zero-order valence-electron chi connectivity index (χ0n) is 8.08. The molecule has 0 unspecified atom stereocenters. The molecule has 14 heavy (non-hydrogen) atoms. The standard InChI is InChI=1S/C9H15BrN2O2/c1-8(10)6-11-2-4-12(5-3-11)9(14)7-13/h13H,1-7H2. The number of aliphatic hydroxyl groups is 1. The normalized spacial score (nSPS) is 18.3. The fraction of sp³-hybridized carbons (Fsp3) is 0.667. The van der Waals surface area contributed by atoms with Gasteiger partial charge in [-0.3, -0.25) is 9.69 Å². The van der Waals surface area contributed by atoms with Crippen molar-refractivity contribution in [2.45, 2.75) is 0 Å². The van der Waals surface area contributed by atoms with E-state index in [2.05, 4.69) is 27.4 Å². The van der Waals surface area contributed by atoms with Crippen molar-refractivity contribution in [3.63, 3.8) is 0 Å². The van der Waals surface area contributed by atoms with E-state index >= 15 is 0 Å². The number of amides is 1. The Balaban J connectivity index is 2.31. The van der Waals surface area contributed by atoms with Crippen LogP contribution >= 0.6 is 15.9 Å². The Kier molecular flexibility index (Phi) is 4.57. The largest absolute Gasteiger partial charge is 0.387 e. The third-order valence-corrected chi connectivity index (χ3v) is 2.51. The zero-order valence-corrected chi connectivity index (χ0v) is 9.66. The molecular formula is C9H15BrN2O2. The first-order valence-corrected chi connectivity index (χ1v) is 5.37. The van der Waals surface area contributed by atoms with E-state index in [1.54, 1.807) is 4.90 Å². The molecule has 0 aromatic heterocycles. The first kappa shape index (κ1) is 11.7. The van der Waals surface area contributed by atoms with Crippen LogP contribution in [0.1, 0.15) is 0 Å². The van der Waals surface area contributed by atoms with Crippen LogP contribution in [-0.4, -0.2) is 60.1 Å². The number of nitrogens with zero attached hydrogens (tertiary/aromatic N) is 2. The number of carbonyl (C=O) groups excluding carboxylic acids is 1. The van der Waals surface area contributed by atoms with Gasteiger partial charge in [0.1, 0.15) is 6.61 Å². The summed E-state index contributed by atoms with van der Waals surface area (Å²) in [6.45, 7) is 7.29. The SMILES string of the molecule is C=C(Br)CN1CCN(C(=O)CO)CC1. The quantitative estimate of drug-likeness (QED) is 0.781. The maximum absolute atomic E-state index is 11.1. The summed E-state index contributed by atoms with van der Waals surface area (Å²) in [6, 6.07) is 0. The molecule has 4 nitrogen and oxygen atoms in total. The van der Waals surface area contributed by atoms with Gasteiger partial charge >= 0.3 is 0 Å². The molecule has 0 atom stereocenters. The van der Waals surface area contributed by atoms with Crippen molar-refractivity contribution in [3.8, 4) is 0 Å². The molecule has 0 aliphatic carbocycles. The van der Waals surface area contributed by atoms with Crippen molar-refractivity contribution in [1.29, 1.82) is 0 Å². The lowest BCUT2D eigenvalue weighted by atomic mass is 10.3. The molecule has 1 saturated heterocycles. The maximum Gasteiger partial charge on any atom is 0.248 e. The van der Waals surface area contributed by atoms with Crippen molar-refractivity contribution in [2.24, 2.45) is 0 Å². The van der Waals surface area contributed by atoms with Crippen LogP contribution in [-0.2, 0) is 4.79 Å². The van der Waals surface area contributed by atoms with Crippen molar-refractivity contribution in [3.05, 3.63) is 11.1 Å². The highest BCUT2D eigenvalue weighted by atomic mass is 79.9. The van der Waals surface area contributed by atoms with Gasteiger partial charge in [0.25, 0.3) is 0 Å². The van der Waals surface area contributed by atoms with Crippen LogP contribution in [0.4, 0.5) is 0 Å².